The van der Waals surface area contributed by atoms with E-state index in [1.165, 1.54) is 4.88 Å². The van der Waals surface area contributed by atoms with Crippen LogP contribution in [0.15, 0.2) is 12.1 Å². The topological polar surface area (TPSA) is 49.3 Å². The van der Waals surface area contributed by atoms with Crippen molar-refractivity contribution in [3.8, 4) is 0 Å². The molecule has 1 aliphatic heterocycles. The minimum atomic E-state index is -0.689. The van der Waals surface area contributed by atoms with Gasteiger partial charge in [-0.15, -0.1) is 11.3 Å². The minimum Gasteiger partial charge on any atom is -0.481 e. The highest BCUT2D eigenvalue weighted by Gasteiger charge is 2.34. The minimum absolute atomic E-state index is 0.0196. The standard InChI is InChI=1S/C10H13NO2S/c1-6-2-3-8(14-6)9-7(10(12)13)4-5-11-9/h2-3,7,9,11H,4-5H2,1H3,(H,12,13). The van der Waals surface area contributed by atoms with E-state index in [0.717, 1.165) is 17.8 Å². The third-order valence-electron chi connectivity index (χ3n) is 2.61. The van der Waals surface area contributed by atoms with Crippen LogP contribution in [0, 0.1) is 12.8 Å². The van der Waals surface area contributed by atoms with Gasteiger partial charge in [-0.3, -0.25) is 4.79 Å². The highest BCUT2D eigenvalue weighted by molar-refractivity contribution is 7.12. The van der Waals surface area contributed by atoms with Gasteiger partial charge in [0.2, 0.25) is 0 Å². The predicted octanol–water partition coefficient (Wildman–Crippen LogP) is 1.79. The smallest absolute Gasteiger partial charge is 0.308 e. The molecule has 2 atom stereocenters. The Bertz CT molecular complexity index is 348. The van der Waals surface area contributed by atoms with Crippen molar-refractivity contribution in [2.24, 2.45) is 5.92 Å². The average molecular weight is 211 g/mol. The number of thiophene rings is 1. The summed E-state index contributed by atoms with van der Waals surface area (Å²) in [6.07, 6.45) is 0.733. The van der Waals surface area contributed by atoms with Crippen molar-refractivity contribution in [2.45, 2.75) is 19.4 Å². The Morgan fingerprint density at radius 3 is 3.00 bits per heavy atom. The second-order valence-electron chi connectivity index (χ2n) is 3.61. The Morgan fingerprint density at radius 2 is 2.43 bits per heavy atom. The second kappa shape index (κ2) is 3.71. The first-order valence-electron chi connectivity index (χ1n) is 4.71. The van der Waals surface area contributed by atoms with Crippen molar-refractivity contribution >= 4 is 17.3 Å². The Balaban J connectivity index is 2.21. The summed E-state index contributed by atoms with van der Waals surface area (Å²) in [5.41, 5.74) is 0. The van der Waals surface area contributed by atoms with E-state index in [9.17, 15) is 4.79 Å². The van der Waals surface area contributed by atoms with E-state index < -0.39 is 5.97 Å². The second-order valence-corrected chi connectivity index (χ2v) is 4.93. The first-order valence-corrected chi connectivity index (χ1v) is 5.52. The number of carbonyl (C=O) groups is 1. The number of aliphatic carboxylic acids is 1. The zero-order valence-electron chi connectivity index (χ0n) is 7.99. The zero-order chi connectivity index (χ0) is 10.1. The lowest BCUT2D eigenvalue weighted by Gasteiger charge is -2.13. The van der Waals surface area contributed by atoms with Crippen LogP contribution in [0.5, 0.6) is 0 Å². The Labute approximate surface area is 86.8 Å². The summed E-state index contributed by atoms with van der Waals surface area (Å²) in [5, 5.41) is 12.3. The Kier molecular flexibility index (Phi) is 2.56. The van der Waals surface area contributed by atoms with Crippen molar-refractivity contribution in [2.75, 3.05) is 6.54 Å². The van der Waals surface area contributed by atoms with Crippen molar-refractivity contribution in [1.82, 2.24) is 5.32 Å². The molecular weight excluding hydrogens is 198 g/mol. The summed E-state index contributed by atoms with van der Waals surface area (Å²) in [6.45, 7) is 2.84. The van der Waals surface area contributed by atoms with Crippen molar-refractivity contribution in [1.29, 1.82) is 0 Å². The molecule has 2 N–H and O–H groups in total. The van der Waals surface area contributed by atoms with Crippen LogP contribution in [0.1, 0.15) is 22.2 Å². The van der Waals surface area contributed by atoms with Crippen molar-refractivity contribution < 1.29 is 9.90 Å². The van der Waals surface area contributed by atoms with Crippen molar-refractivity contribution in [3.63, 3.8) is 0 Å². The van der Waals surface area contributed by atoms with Crippen LogP contribution in [-0.4, -0.2) is 17.6 Å². The SMILES string of the molecule is Cc1ccc(C2NCCC2C(=O)O)s1. The molecule has 0 saturated carbocycles. The molecule has 0 amide bonds. The predicted molar refractivity (Wildman–Crippen MR) is 55.5 cm³/mol. The summed E-state index contributed by atoms with van der Waals surface area (Å²) in [6, 6.07) is 4.09. The lowest BCUT2D eigenvalue weighted by molar-refractivity contribution is -0.142. The maximum Gasteiger partial charge on any atom is 0.308 e. The summed E-state index contributed by atoms with van der Waals surface area (Å²) in [4.78, 5) is 13.3. The Morgan fingerprint density at radius 1 is 1.64 bits per heavy atom. The third-order valence-corrected chi connectivity index (χ3v) is 3.69. The van der Waals surface area contributed by atoms with Gasteiger partial charge in [0.25, 0.3) is 0 Å². The normalized spacial score (nSPS) is 26.6. The maximum absolute atomic E-state index is 11.0. The van der Waals surface area contributed by atoms with E-state index in [0.29, 0.717) is 0 Å². The van der Waals surface area contributed by atoms with E-state index in [1.54, 1.807) is 11.3 Å². The first-order chi connectivity index (χ1) is 6.68. The fourth-order valence-corrected chi connectivity index (χ4v) is 2.91. The Hall–Kier alpha value is -0.870. The fraction of sp³-hybridized carbons (Fsp3) is 0.500. The molecule has 2 heterocycles. The summed E-state index contributed by atoms with van der Waals surface area (Å²) in [5.74, 6) is -0.945. The molecule has 1 aromatic rings. The van der Waals surface area contributed by atoms with Crippen molar-refractivity contribution in [3.05, 3.63) is 21.9 Å². The van der Waals surface area contributed by atoms with Gasteiger partial charge in [-0.2, -0.15) is 0 Å². The molecule has 76 valence electrons. The molecule has 1 saturated heterocycles. The lowest BCUT2D eigenvalue weighted by Crippen LogP contribution is -2.22. The van der Waals surface area contributed by atoms with Crippen LogP contribution in [0.2, 0.25) is 0 Å². The van der Waals surface area contributed by atoms with Gasteiger partial charge in [0, 0.05) is 9.75 Å². The molecule has 2 unspecified atom stereocenters. The van der Waals surface area contributed by atoms with Gasteiger partial charge in [0.1, 0.15) is 0 Å². The van der Waals surface area contributed by atoms with E-state index in [2.05, 4.69) is 5.32 Å². The van der Waals surface area contributed by atoms with E-state index >= 15 is 0 Å². The molecule has 0 aromatic carbocycles. The number of hydrogen-bond donors (Lipinski definition) is 2. The lowest BCUT2D eigenvalue weighted by atomic mass is 10.00. The summed E-state index contributed by atoms with van der Waals surface area (Å²) >= 11 is 1.68. The van der Waals surface area contributed by atoms with Gasteiger partial charge in [-0.1, -0.05) is 0 Å². The van der Waals surface area contributed by atoms with Gasteiger partial charge >= 0.3 is 5.97 Å². The first kappa shape index (κ1) is 9.68. The van der Waals surface area contributed by atoms with Crippen LogP contribution >= 0.6 is 11.3 Å². The maximum atomic E-state index is 11.0. The van der Waals surface area contributed by atoms with E-state index in [-0.39, 0.29) is 12.0 Å². The van der Waals surface area contributed by atoms with Gasteiger partial charge in [0.05, 0.1) is 12.0 Å². The summed E-state index contributed by atoms with van der Waals surface area (Å²) < 4.78 is 0. The van der Waals surface area contributed by atoms with Crippen LogP contribution in [0.3, 0.4) is 0 Å². The molecule has 0 spiro atoms. The molecule has 0 radical (unpaired) electrons. The van der Waals surface area contributed by atoms with Crippen LogP contribution in [0.4, 0.5) is 0 Å². The average Bonchev–Trinajstić information content (AvgIpc) is 2.70. The number of aryl methyl sites for hydroxylation is 1. The molecule has 4 heteroatoms. The number of rotatable bonds is 2. The fourth-order valence-electron chi connectivity index (χ4n) is 1.89. The molecule has 1 aliphatic rings. The number of carboxylic acid groups (broad SMARTS) is 1. The number of carboxylic acids is 1. The molecule has 1 aromatic heterocycles. The molecular formula is C10H13NO2S. The quantitative estimate of drug-likeness (QED) is 0.784. The summed E-state index contributed by atoms with van der Waals surface area (Å²) in [7, 11) is 0. The highest BCUT2D eigenvalue weighted by atomic mass is 32.1. The highest BCUT2D eigenvalue weighted by Crippen LogP contribution is 2.33. The largest absolute Gasteiger partial charge is 0.481 e. The van der Waals surface area contributed by atoms with Gasteiger partial charge in [0.15, 0.2) is 0 Å². The van der Waals surface area contributed by atoms with Gasteiger partial charge < -0.3 is 10.4 Å². The van der Waals surface area contributed by atoms with E-state index in [1.807, 2.05) is 19.1 Å². The number of hydrogen-bond acceptors (Lipinski definition) is 3. The monoisotopic (exact) mass is 211 g/mol. The molecule has 1 fully saturated rings. The number of nitrogens with one attached hydrogen (secondary N) is 1. The molecule has 2 rings (SSSR count). The van der Waals surface area contributed by atoms with Gasteiger partial charge in [-0.25, -0.2) is 0 Å². The third kappa shape index (κ3) is 1.67. The molecule has 14 heavy (non-hydrogen) atoms. The van der Waals surface area contributed by atoms with Crippen LogP contribution < -0.4 is 5.32 Å². The van der Waals surface area contributed by atoms with Crippen LogP contribution in [-0.2, 0) is 4.79 Å². The van der Waals surface area contributed by atoms with Gasteiger partial charge in [-0.05, 0) is 32.0 Å². The molecule has 3 nitrogen and oxygen atoms in total. The zero-order valence-corrected chi connectivity index (χ0v) is 8.80. The van der Waals surface area contributed by atoms with Crippen LogP contribution in [0.25, 0.3) is 0 Å². The molecule has 0 bridgehead atoms. The molecule has 0 aliphatic carbocycles. The van der Waals surface area contributed by atoms with E-state index in [4.69, 9.17) is 5.11 Å².